The Morgan fingerprint density at radius 3 is 2.85 bits per heavy atom. The molecule has 0 aromatic carbocycles. The molecule has 0 bridgehead atoms. The molecule has 2 atom stereocenters. The van der Waals surface area contributed by atoms with Gasteiger partial charge >= 0.3 is 0 Å². The van der Waals surface area contributed by atoms with E-state index in [-0.39, 0.29) is 0 Å². The molecule has 1 aromatic heterocycles. The summed E-state index contributed by atoms with van der Waals surface area (Å²) in [5.74, 6) is 1.89. The summed E-state index contributed by atoms with van der Waals surface area (Å²) in [6.45, 7) is 10.4. The fourth-order valence-electron chi connectivity index (χ4n) is 3.24. The van der Waals surface area contributed by atoms with E-state index in [1.54, 1.807) is 0 Å². The van der Waals surface area contributed by atoms with Gasteiger partial charge in [0.1, 0.15) is 5.82 Å². The third-order valence-corrected chi connectivity index (χ3v) is 4.49. The zero-order chi connectivity index (χ0) is 14.5. The highest BCUT2D eigenvalue weighted by atomic mass is 15.2. The molecule has 1 aliphatic rings. The number of aromatic nitrogens is 2. The van der Waals surface area contributed by atoms with Crippen LogP contribution in [0.4, 0.5) is 0 Å². The highest BCUT2D eigenvalue weighted by Crippen LogP contribution is 2.17. The molecule has 0 amide bonds. The largest absolute Gasteiger partial charge is 0.338 e. The van der Waals surface area contributed by atoms with Crippen molar-refractivity contribution in [2.24, 2.45) is 13.0 Å². The number of nitrogens with zero attached hydrogens (tertiary/aromatic N) is 3. The topological polar surface area (TPSA) is 33.1 Å². The van der Waals surface area contributed by atoms with Gasteiger partial charge in [0.15, 0.2) is 0 Å². The Morgan fingerprint density at radius 1 is 1.45 bits per heavy atom. The molecule has 4 nitrogen and oxygen atoms in total. The van der Waals surface area contributed by atoms with Gasteiger partial charge in [-0.15, -0.1) is 0 Å². The monoisotopic (exact) mass is 278 g/mol. The van der Waals surface area contributed by atoms with Crippen LogP contribution in [-0.4, -0.2) is 46.2 Å². The first-order valence-electron chi connectivity index (χ1n) is 8.05. The zero-order valence-electron chi connectivity index (χ0n) is 13.5. The predicted octanol–water partition coefficient (Wildman–Crippen LogP) is 2.06. The van der Waals surface area contributed by atoms with Crippen LogP contribution in [0.3, 0.4) is 0 Å². The lowest BCUT2D eigenvalue weighted by molar-refractivity contribution is 0.0962. The Hall–Kier alpha value is -0.870. The van der Waals surface area contributed by atoms with Gasteiger partial charge in [-0.2, -0.15) is 0 Å². The summed E-state index contributed by atoms with van der Waals surface area (Å²) in [6.07, 6.45) is 7.52. The van der Waals surface area contributed by atoms with Gasteiger partial charge in [0.2, 0.25) is 0 Å². The van der Waals surface area contributed by atoms with Crippen molar-refractivity contribution in [2.75, 3.05) is 19.6 Å². The van der Waals surface area contributed by atoms with E-state index >= 15 is 0 Å². The number of hydrogen-bond donors (Lipinski definition) is 1. The van der Waals surface area contributed by atoms with E-state index in [0.29, 0.717) is 18.0 Å². The van der Waals surface area contributed by atoms with Crippen molar-refractivity contribution < 1.29 is 0 Å². The third kappa shape index (κ3) is 3.83. The molecule has 20 heavy (non-hydrogen) atoms. The van der Waals surface area contributed by atoms with E-state index < -0.39 is 0 Å². The maximum Gasteiger partial charge on any atom is 0.109 e. The third-order valence-electron chi connectivity index (χ3n) is 4.49. The lowest BCUT2D eigenvalue weighted by atomic mass is 9.97. The van der Waals surface area contributed by atoms with Crippen LogP contribution in [0, 0.1) is 5.92 Å². The number of hydrogen-bond acceptors (Lipinski definition) is 3. The molecule has 0 radical (unpaired) electrons. The normalized spacial score (nSPS) is 24.4. The number of piperazine rings is 1. The number of nitrogens with one attached hydrogen (secondary N) is 1. The summed E-state index contributed by atoms with van der Waals surface area (Å²) in [4.78, 5) is 7.12. The molecule has 0 aliphatic carbocycles. The van der Waals surface area contributed by atoms with Gasteiger partial charge in [-0.25, -0.2) is 4.98 Å². The molecule has 2 unspecified atom stereocenters. The smallest absolute Gasteiger partial charge is 0.109 e. The molecule has 1 N–H and O–H groups in total. The van der Waals surface area contributed by atoms with Gasteiger partial charge in [0.05, 0.1) is 0 Å². The van der Waals surface area contributed by atoms with Crippen LogP contribution in [-0.2, 0) is 13.5 Å². The summed E-state index contributed by atoms with van der Waals surface area (Å²) in [5, 5.41) is 3.72. The maximum absolute atomic E-state index is 4.45. The van der Waals surface area contributed by atoms with Crippen LogP contribution in [0.25, 0.3) is 0 Å². The van der Waals surface area contributed by atoms with Crippen molar-refractivity contribution in [3.05, 3.63) is 18.2 Å². The van der Waals surface area contributed by atoms with Gasteiger partial charge in [0.25, 0.3) is 0 Å². The Labute approximate surface area is 123 Å². The first-order valence-corrected chi connectivity index (χ1v) is 8.05. The molecule has 1 fully saturated rings. The second kappa shape index (κ2) is 7.23. The molecule has 4 heteroatoms. The van der Waals surface area contributed by atoms with Crippen LogP contribution in [0.2, 0.25) is 0 Å². The summed E-state index contributed by atoms with van der Waals surface area (Å²) in [7, 11) is 2.08. The highest BCUT2D eigenvalue weighted by Gasteiger charge is 2.29. The number of imidazole rings is 1. The lowest BCUT2D eigenvalue weighted by Gasteiger charge is -2.42. The minimum atomic E-state index is 0.656. The van der Waals surface area contributed by atoms with Crippen molar-refractivity contribution in [3.63, 3.8) is 0 Å². The molecule has 2 heterocycles. The predicted molar refractivity (Wildman–Crippen MR) is 83.8 cm³/mol. The van der Waals surface area contributed by atoms with Crippen molar-refractivity contribution in [2.45, 2.75) is 52.1 Å². The molecule has 1 aromatic rings. The Kier molecular flexibility index (Phi) is 5.61. The minimum absolute atomic E-state index is 0.656. The van der Waals surface area contributed by atoms with Crippen molar-refractivity contribution in [1.29, 1.82) is 0 Å². The molecule has 1 aliphatic heterocycles. The van der Waals surface area contributed by atoms with E-state index in [9.17, 15) is 0 Å². The molecule has 1 saturated heterocycles. The fraction of sp³-hybridized carbons (Fsp3) is 0.812. The molecular weight excluding hydrogens is 248 g/mol. The molecular formula is C16H30N4. The second-order valence-electron chi connectivity index (χ2n) is 6.40. The summed E-state index contributed by atoms with van der Waals surface area (Å²) >= 11 is 0. The Morgan fingerprint density at radius 2 is 2.25 bits per heavy atom. The van der Waals surface area contributed by atoms with Crippen LogP contribution in [0.5, 0.6) is 0 Å². The number of rotatable bonds is 6. The van der Waals surface area contributed by atoms with Crippen LogP contribution < -0.4 is 5.32 Å². The maximum atomic E-state index is 4.45. The first kappa shape index (κ1) is 15.5. The summed E-state index contributed by atoms with van der Waals surface area (Å²) in [5.41, 5.74) is 0. The Balaban J connectivity index is 1.94. The Bertz CT molecular complexity index is 399. The SMILES string of the molecule is CCCC1CN(CCc2nccn2C)C(C(C)C)CN1. The van der Waals surface area contributed by atoms with E-state index in [0.717, 1.165) is 19.5 Å². The van der Waals surface area contributed by atoms with Gasteiger partial charge in [-0.05, 0) is 12.3 Å². The minimum Gasteiger partial charge on any atom is -0.338 e. The van der Waals surface area contributed by atoms with Crippen LogP contribution >= 0.6 is 0 Å². The highest BCUT2D eigenvalue weighted by molar-refractivity contribution is 4.94. The van der Waals surface area contributed by atoms with Gasteiger partial charge in [0, 0.05) is 57.6 Å². The summed E-state index contributed by atoms with van der Waals surface area (Å²) < 4.78 is 2.14. The molecule has 2 rings (SSSR count). The zero-order valence-corrected chi connectivity index (χ0v) is 13.5. The fourth-order valence-corrected chi connectivity index (χ4v) is 3.24. The standard InChI is InChI=1S/C16H30N4/c1-5-6-14-12-20(15(11-18-14)13(2)3)9-7-16-17-8-10-19(16)4/h8,10,13-15,18H,5-7,9,11-12H2,1-4H3. The quantitative estimate of drug-likeness (QED) is 0.864. The van der Waals surface area contributed by atoms with E-state index in [1.807, 2.05) is 12.4 Å². The average Bonchev–Trinajstić information content (AvgIpc) is 2.82. The van der Waals surface area contributed by atoms with Gasteiger partial charge < -0.3 is 9.88 Å². The lowest BCUT2D eigenvalue weighted by Crippen LogP contribution is -2.58. The van der Waals surface area contributed by atoms with Crippen molar-refractivity contribution in [1.82, 2.24) is 19.8 Å². The van der Waals surface area contributed by atoms with Crippen LogP contribution in [0.1, 0.15) is 39.4 Å². The summed E-state index contributed by atoms with van der Waals surface area (Å²) in [6, 6.07) is 1.32. The van der Waals surface area contributed by atoms with Crippen molar-refractivity contribution in [3.8, 4) is 0 Å². The number of aryl methyl sites for hydroxylation is 1. The second-order valence-corrected chi connectivity index (χ2v) is 6.40. The average molecular weight is 278 g/mol. The van der Waals surface area contributed by atoms with E-state index in [1.165, 1.54) is 25.2 Å². The van der Waals surface area contributed by atoms with E-state index in [2.05, 4.69) is 47.6 Å². The van der Waals surface area contributed by atoms with Gasteiger partial charge in [-0.1, -0.05) is 27.2 Å². The molecule has 0 saturated carbocycles. The molecule has 0 spiro atoms. The van der Waals surface area contributed by atoms with Gasteiger partial charge in [-0.3, -0.25) is 4.90 Å². The molecule has 114 valence electrons. The van der Waals surface area contributed by atoms with Crippen LogP contribution in [0.15, 0.2) is 12.4 Å². The van der Waals surface area contributed by atoms with Crippen molar-refractivity contribution >= 4 is 0 Å². The van der Waals surface area contributed by atoms with E-state index in [4.69, 9.17) is 0 Å². The first-order chi connectivity index (χ1) is 9.61.